The molecule has 1 aliphatic rings. The van der Waals surface area contributed by atoms with Crippen molar-refractivity contribution in [1.82, 2.24) is 0 Å². The SMILES string of the molecule is O=C(O)c1cccc(N=C2CC(=NSc3cccs3)c3ccccc3C2=O)c1. The molecule has 5 nitrogen and oxygen atoms in total. The maximum Gasteiger partial charge on any atom is 0.335 e. The topological polar surface area (TPSA) is 79.1 Å². The lowest BCUT2D eigenvalue weighted by molar-refractivity contribution is 0.0696. The number of hydrogen-bond donors (Lipinski definition) is 1. The van der Waals surface area contributed by atoms with Crippen LogP contribution in [-0.2, 0) is 0 Å². The van der Waals surface area contributed by atoms with E-state index in [1.165, 1.54) is 24.1 Å². The summed E-state index contributed by atoms with van der Waals surface area (Å²) in [6.07, 6.45) is 0.297. The number of carbonyl (C=O) groups is 2. The third-order valence-electron chi connectivity index (χ3n) is 4.18. The summed E-state index contributed by atoms with van der Waals surface area (Å²) in [5.74, 6) is -1.19. The Balaban J connectivity index is 1.73. The van der Waals surface area contributed by atoms with E-state index in [9.17, 15) is 9.59 Å². The molecule has 7 heteroatoms. The van der Waals surface area contributed by atoms with Gasteiger partial charge in [-0.15, -0.1) is 11.3 Å². The molecule has 1 aliphatic carbocycles. The van der Waals surface area contributed by atoms with E-state index < -0.39 is 5.97 Å². The second-order valence-electron chi connectivity index (χ2n) is 6.03. The minimum Gasteiger partial charge on any atom is -0.478 e. The summed E-state index contributed by atoms with van der Waals surface area (Å²) in [6, 6.07) is 17.6. The molecule has 0 aliphatic heterocycles. The summed E-state index contributed by atoms with van der Waals surface area (Å²) in [5, 5.41) is 11.2. The Morgan fingerprint density at radius 2 is 1.82 bits per heavy atom. The van der Waals surface area contributed by atoms with E-state index in [0.29, 0.717) is 23.4 Å². The first-order valence-electron chi connectivity index (χ1n) is 8.44. The Labute approximate surface area is 169 Å². The molecular formula is C21H14N2O3S2. The molecule has 0 spiro atoms. The molecule has 0 fully saturated rings. The fraction of sp³-hybridized carbons (Fsp3) is 0.0476. The van der Waals surface area contributed by atoms with Crippen LogP contribution >= 0.6 is 23.3 Å². The lowest BCUT2D eigenvalue weighted by atomic mass is 9.87. The number of nitrogens with zero attached hydrogens (tertiary/aromatic N) is 2. The average molecular weight is 406 g/mol. The summed E-state index contributed by atoms with van der Waals surface area (Å²) < 4.78 is 5.72. The first-order valence-corrected chi connectivity index (χ1v) is 10.1. The van der Waals surface area contributed by atoms with Crippen molar-refractivity contribution in [3.63, 3.8) is 0 Å². The normalized spacial score (nSPS) is 16.4. The number of carboxylic acid groups (broad SMARTS) is 1. The molecule has 0 bridgehead atoms. The lowest BCUT2D eigenvalue weighted by Crippen LogP contribution is -2.27. The van der Waals surface area contributed by atoms with Crippen molar-refractivity contribution in [3.8, 4) is 0 Å². The van der Waals surface area contributed by atoms with E-state index in [1.807, 2.05) is 35.7 Å². The third kappa shape index (κ3) is 3.81. The summed E-state index contributed by atoms with van der Waals surface area (Å²) >= 11 is 2.98. The van der Waals surface area contributed by atoms with Crippen molar-refractivity contribution in [2.45, 2.75) is 10.6 Å². The van der Waals surface area contributed by atoms with E-state index >= 15 is 0 Å². The number of fused-ring (bicyclic) bond motifs is 1. The molecule has 0 radical (unpaired) electrons. The average Bonchev–Trinajstić information content (AvgIpc) is 3.23. The molecule has 0 unspecified atom stereocenters. The van der Waals surface area contributed by atoms with Crippen LogP contribution in [0.4, 0.5) is 5.69 Å². The summed E-state index contributed by atoms with van der Waals surface area (Å²) in [4.78, 5) is 28.6. The van der Waals surface area contributed by atoms with E-state index in [2.05, 4.69) is 9.39 Å². The van der Waals surface area contributed by atoms with Gasteiger partial charge in [0.25, 0.3) is 0 Å². The maximum absolute atomic E-state index is 12.9. The number of ketones is 1. The van der Waals surface area contributed by atoms with Gasteiger partial charge in [-0.25, -0.2) is 14.2 Å². The quantitative estimate of drug-likeness (QED) is 0.596. The number of carboxylic acids is 1. The monoisotopic (exact) mass is 406 g/mol. The van der Waals surface area contributed by atoms with E-state index in [1.54, 1.807) is 29.5 Å². The van der Waals surface area contributed by atoms with Crippen molar-refractivity contribution in [2.24, 2.45) is 9.39 Å². The van der Waals surface area contributed by atoms with Crippen LogP contribution in [0.5, 0.6) is 0 Å². The van der Waals surface area contributed by atoms with Crippen molar-refractivity contribution in [2.75, 3.05) is 0 Å². The zero-order valence-electron chi connectivity index (χ0n) is 14.5. The van der Waals surface area contributed by atoms with Crippen LogP contribution in [0.15, 0.2) is 79.6 Å². The van der Waals surface area contributed by atoms with Crippen molar-refractivity contribution in [3.05, 3.63) is 82.7 Å². The third-order valence-corrected chi connectivity index (χ3v) is 5.98. The molecule has 1 heterocycles. The van der Waals surface area contributed by atoms with Crippen LogP contribution in [-0.4, -0.2) is 28.3 Å². The van der Waals surface area contributed by atoms with Gasteiger partial charge >= 0.3 is 5.97 Å². The first kappa shape index (κ1) is 18.3. The fourth-order valence-electron chi connectivity index (χ4n) is 2.87. The van der Waals surface area contributed by atoms with Crippen LogP contribution in [0.2, 0.25) is 0 Å². The molecule has 2 aromatic carbocycles. The molecule has 0 atom stereocenters. The van der Waals surface area contributed by atoms with Gasteiger partial charge in [0, 0.05) is 29.5 Å². The lowest BCUT2D eigenvalue weighted by Gasteiger charge is -2.18. The smallest absolute Gasteiger partial charge is 0.335 e. The van der Waals surface area contributed by atoms with Crippen molar-refractivity contribution in [1.29, 1.82) is 0 Å². The highest BCUT2D eigenvalue weighted by Gasteiger charge is 2.27. The maximum atomic E-state index is 12.9. The van der Waals surface area contributed by atoms with Gasteiger partial charge < -0.3 is 5.11 Å². The van der Waals surface area contributed by atoms with Crippen LogP contribution in [0.3, 0.4) is 0 Å². The van der Waals surface area contributed by atoms with Gasteiger partial charge in [0.1, 0.15) is 0 Å². The van der Waals surface area contributed by atoms with Crippen molar-refractivity contribution < 1.29 is 14.7 Å². The Bertz CT molecular complexity index is 1120. The van der Waals surface area contributed by atoms with Gasteiger partial charge in [0.15, 0.2) is 0 Å². The standard InChI is InChI=1S/C21H14N2O3S2/c24-20-16-8-2-1-7-15(16)17(23-28-19-9-4-10-27-19)12-18(20)22-14-6-3-5-13(11-14)21(25)26/h1-11H,12H2,(H,25,26). The van der Waals surface area contributed by atoms with Crippen molar-refractivity contribution >= 4 is 52.1 Å². The number of carbonyl (C=O) groups excluding carboxylic acids is 1. The minimum atomic E-state index is -1.03. The van der Waals surface area contributed by atoms with Crippen LogP contribution < -0.4 is 0 Å². The largest absolute Gasteiger partial charge is 0.478 e. The molecule has 4 rings (SSSR count). The van der Waals surface area contributed by atoms with Gasteiger partial charge in [0.05, 0.1) is 26.9 Å². The molecule has 0 saturated carbocycles. The fourth-order valence-corrected chi connectivity index (χ4v) is 4.28. The number of benzene rings is 2. The summed E-state index contributed by atoms with van der Waals surface area (Å²) in [6.45, 7) is 0. The predicted molar refractivity (Wildman–Crippen MR) is 113 cm³/mol. The molecule has 0 amide bonds. The van der Waals surface area contributed by atoms with E-state index in [-0.39, 0.29) is 11.3 Å². The number of rotatable bonds is 4. The highest BCUT2D eigenvalue weighted by atomic mass is 32.2. The van der Waals surface area contributed by atoms with Gasteiger partial charge in [-0.3, -0.25) is 4.79 Å². The van der Waals surface area contributed by atoms with Crippen LogP contribution in [0, 0.1) is 0 Å². The zero-order chi connectivity index (χ0) is 19.5. The van der Waals surface area contributed by atoms with Gasteiger partial charge in [-0.05, 0) is 29.6 Å². The summed E-state index contributed by atoms with van der Waals surface area (Å²) in [5.41, 5.74) is 3.08. The molecule has 1 aromatic heterocycles. The second-order valence-corrected chi connectivity index (χ2v) is 8.04. The minimum absolute atomic E-state index is 0.132. The predicted octanol–water partition coefficient (Wildman–Crippen LogP) is 5.30. The van der Waals surface area contributed by atoms with Crippen LogP contribution in [0.1, 0.15) is 32.7 Å². The highest BCUT2D eigenvalue weighted by Crippen LogP contribution is 2.29. The molecule has 138 valence electrons. The molecule has 28 heavy (non-hydrogen) atoms. The van der Waals surface area contributed by atoms with E-state index in [0.717, 1.165) is 15.5 Å². The number of aliphatic imine (C=N–C) groups is 1. The van der Waals surface area contributed by atoms with Gasteiger partial charge in [0.2, 0.25) is 5.78 Å². The molecular weight excluding hydrogens is 392 g/mol. The Morgan fingerprint density at radius 1 is 1.00 bits per heavy atom. The zero-order valence-corrected chi connectivity index (χ0v) is 16.2. The Kier molecular flexibility index (Phi) is 5.18. The molecule has 0 saturated heterocycles. The first-order chi connectivity index (χ1) is 13.6. The number of Topliss-reactive ketones (excluding diaryl/α,β-unsaturated/α-hetero) is 1. The van der Waals surface area contributed by atoms with Crippen LogP contribution in [0.25, 0.3) is 0 Å². The molecule has 1 N–H and O–H groups in total. The number of aromatic carboxylic acids is 1. The highest BCUT2D eigenvalue weighted by molar-refractivity contribution is 8.00. The Morgan fingerprint density at radius 3 is 2.57 bits per heavy atom. The number of thiophene rings is 1. The number of hydrogen-bond acceptors (Lipinski definition) is 6. The second kappa shape index (κ2) is 7.92. The van der Waals surface area contributed by atoms with E-state index in [4.69, 9.17) is 5.11 Å². The van der Waals surface area contributed by atoms with Gasteiger partial charge in [-0.1, -0.05) is 36.4 Å². The molecule has 3 aromatic rings. The summed E-state index contributed by atoms with van der Waals surface area (Å²) in [7, 11) is 0. The van der Waals surface area contributed by atoms with Gasteiger partial charge in [-0.2, -0.15) is 0 Å². The Hall–Kier alpha value is -3.03.